The Hall–Kier alpha value is -3.17. The summed E-state index contributed by atoms with van der Waals surface area (Å²) >= 11 is 0. The van der Waals surface area contributed by atoms with Crippen LogP contribution in [0.3, 0.4) is 0 Å². The predicted octanol–water partition coefficient (Wildman–Crippen LogP) is 3.23. The second-order valence-electron chi connectivity index (χ2n) is 9.88. The molecule has 190 valence electrons. The Kier molecular flexibility index (Phi) is 6.61. The average molecular weight is 507 g/mol. The molecule has 1 saturated heterocycles. The Bertz CT molecular complexity index is 1350. The van der Waals surface area contributed by atoms with Crippen molar-refractivity contribution in [3.8, 4) is 0 Å². The van der Waals surface area contributed by atoms with Gasteiger partial charge in [0.25, 0.3) is 0 Å². The third-order valence-corrected chi connectivity index (χ3v) is 8.85. The molecule has 0 amide bonds. The zero-order chi connectivity index (χ0) is 25.4. The van der Waals surface area contributed by atoms with Crippen molar-refractivity contribution in [2.75, 3.05) is 61.5 Å². The quantitative estimate of drug-likeness (QED) is 0.526. The lowest BCUT2D eigenvalue weighted by atomic mass is 10.1. The second kappa shape index (κ2) is 9.71. The maximum absolute atomic E-state index is 13.4. The lowest BCUT2D eigenvalue weighted by Gasteiger charge is -2.37. The summed E-state index contributed by atoms with van der Waals surface area (Å²) in [7, 11) is 0.316. The smallest absolute Gasteiger partial charge is 0.243 e. The lowest BCUT2D eigenvalue weighted by molar-refractivity contribution is 0.387. The van der Waals surface area contributed by atoms with Gasteiger partial charge in [0.05, 0.1) is 10.6 Å². The van der Waals surface area contributed by atoms with Gasteiger partial charge in [0.15, 0.2) is 0 Å². The molecule has 8 nitrogen and oxygen atoms in total. The van der Waals surface area contributed by atoms with Gasteiger partial charge in [-0.15, -0.1) is 0 Å². The highest BCUT2D eigenvalue weighted by molar-refractivity contribution is 7.89. The number of hydrogen-bond donors (Lipinski definition) is 0. The van der Waals surface area contributed by atoms with E-state index in [0.29, 0.717) is 17.9 Å². The SMILES string of the molecule is Cc1ccc(N2CCN(c3nc4c(c(N(C)C)n3)CN(S(=O)(=O)c3cccc(C)c3)CC4)CC2)cc1. The molecule has 0 saturated carbocycles. The van der Waals surface area contributed by atoms with E-state index in [0.717, 1.165) is 54.8 Å². The number of benzene rings is 2. The molecule has 0 N–H and O–H groups in total. The molecule has 9 heteroatoms. The standard InChI is InChI=1S/C27H34N6O2S/c1-20-8-10-22(11-9-20)31-14-16-32(17-15-31)27-28-25-12-13-33(19-24(25)26(29-27)30(3)4)36(34,35)23-7-5-6-21(2)18-23/h5-11,18H,12-17,19H2,1-4H3. The fourth-order valence-electron chi connectivity index (χ4n) is 4.92. The first-order valence-electron chi connectivity index (χ1n) is 12.4. The van der Waals surface area contributed by atoms with Gasteiger partial charge in [0.2, 0.25) is 16.0 Å². The largest absolute Gasteiger partial charge is 0.368 e. The van der Waals surface area contributed by atoms with E-state index in [1.54, 1.807) is 22.5 Å². The number of nitrogens with zero attached hydrogens (tertiary/aromatic N) is 6. The molecule has 5 rings (SSSR count). The van der Waals surface area contributed by atoms with Crippen LogP contribution in [0.25, 0.3) is 0 Å². The molecule has 2 aromatic carbocycles. The van der Waals surface area contributed by atoms with Crippen molar-refractivity contribution in [1.29, 1.82) is 0 Å². The average Bonchev–Trinajstić information content (AvgIpc) is 2.88. The van der Waals surface area contributed by atoms with E-state index in [1.807, 2.05) is 32.0 Å². The molecule has 0 unspecified atom stereocenters. The van der Waals surface area contributed by atoms with Crippen LogP contribution < -0.4 is 14.7 Å². The van der Waals surface area contributed by atoms with E-state index in [2.05, 4.69) is 41.0 Å². The van der Waals surface area contributed by atoms with E-state index >= 15 is 0 Å². The van der Waals surface area contributed by atoms with Crippen molar-refractivity contribution in [3.05, 3.63) is 70.9 Å². The first-order chi connectivity index (χ1) is 17.2. The Morgan fingerprint density at radius 2 is 1.53 bits per heavy atom. The summed E-state index contributed by atoms with van der Waals surface area (Å²) in [4.78, 5) is 16.8. The van der Waals surface area contributed by atoms with Crippen molar-refractivity contribution in [2.45, 2.75) is 31.7 Å². The minimum atomic E-state index is -3.59. The molecule has 36 heavy (non-hydrogen) atoms. The van der Waals surface area contributed by atoms with Crippen molar-refractivity contribution < 1.29 is 8.42 Å². The molecular formula is C27H34N6O2S. The second-order valence-corrected chi connectivity index (χ2v) is 11.8. The monoisotopic (exact) mass is 506 g/mol. The number of anilines is 3. The molecule has 3 aromatic rings. The van der Waals surface area contributed by atoms with Crippen molar-refractivity contribution in [1.82, 2.24) is 14.3 Å². The molecule has 2 aliphatic rings. The molecule has 3 heterocycles. The molecule has 0 bridgehead atoms. The molecule has 0 spiro atoms. The number of fused-ring (bicyclic) bond motifs is 1. The van der Waals surface area contributed by atoms with Gasteiger partial charge >= 0.3 is 0 Å². The van der Waals surface area contributed by atoms with Gasteiger partial charge in [-0.25, -0.2) is 13.4 Å². The number of piperazine rings is 1. The predicted molar refractivity (Wildman–Crippen MR) is 144 cm³/mol. The Balaban J connectivity index is 1.37. The summed E-state index contributed by atoms with van der Waals surface area (Å²) in [5.41, 5.74) is 5.28. The van der Waals surface area contributed by atoms with Crippen LogP contribution in [0.1, 0.15) is 22.4 Å². The van der Waals surface area contributed by atoms with Crippen LogP contribution in [0.15, 0.2) is 53.4 Å². The van der Waals surface area contributed by atoms with Crippen LogP contribution >= 0.6 is 0 Å². The zero-order valence-corrected chi connectivity index (χ0v) is 22.3. The van der Waals surface area contributed by atoms with Crippen molar-refractivity contribution in [2.24, 2.45) is 0 Å². The molecular weight excluding hydrogens is 472 g/mol. The third-order valence-electron chi connectivity index (χ3n) is 7.00. The fraction of sp³-hybridized carbons (Fsp3) is 0.407. The van der Waals surface area contributed by atoms with Crippen LogP contribution in [0.2, 0.25) is 0 Å². The first-order valence-corrected chi connectivity index (χ1v) is 13.9. The van der Waals surface area contributed by atoms with Gasteiger partial charge in [-0.3, -0.25) is 0 Å². The zero-order valence-electron chi connectivity index (χ0n) is 21.5. The van der Waals surface area contributed by atoms with Crippen LogP contribution in [-0.4, -0.2) is 69.5 Å². The van der Waals surface area contributed by atoms with Crippen LogP contribution in [0.5, 0.6) is 0 Å². The molecule has 1 aromatic heterocycles. The Morgan fingerprint density at radius 1 is 0.833 bits per heavy atom. The van der Waals surface area contributed by atoms with Crippen LogP contribution in [-0.2, 0) is 23.0 Å². The summed E-state index contributed by atoms with van der Waals surface area (Å²) in [6.45, 7) is 8.20. The molecule has 0 atom stereocenters. The van der Waals surface area contributed by atoms with Gasteiger partial charge in [-0.2, -0.15) is 9.29 Å². The highest BCUT2D eigenvalue weighted by Gasteiger charge is 2.32. The molecule has 1 fully saturated rings. The van der Waals surface area contributed by atoms with E-state index in [-0.39, 0.29) is 6.54 Å². The van der Waals surface area contributed by atoms with Gasteiger partial charge in [-0.05, 0) is 43.7 Å². The summed E-state index contributed by atoms with van der Waals surface area (Å²) in [6, 6.07) is 15.8. The number of sulfonamides is 1. The van der Waals surface area contributed by atoms with Gasteiger partial charge < -0.3 is 14.7 Å². The minimum Gasteiger partial charge on any atom is -0.368 e. The fourth-order valence-corrected chi connectivity index (χ4v) is 6.44. The third kappa shape index (κ3) is 4.77. The summed E-state index contributed by atoms with van der Waals surface area (Å²) in [5, 5.41) is 0. The summed E-state index contributed by atoms with van der Waals surface area (Å²) in [6.07, 6.45) is 0.570. The van der Waals surface area contributed by atoms with Gasteiger partial charge in [0.1, 0.15) is 5.82 Å². The topological polar surface area (TPSA) is 72.9 Å². The molecule has 0 radical (unpaired) electrons. The number of hydrogen-bond acceptors (Lipinski definition) is 7. The van der Waals surface area contributed by atoms with E-state index in [4.69, 9.17) is 9.97 Å². The molecule has 0 aliphatic carbocycles. The number of aryl methyl sites for hydroxylation is 2. The van der Waals surface area contributed by atoms with E-state index < -0.39 is 10.0 Å². The first kappa shape index (κ1) is 24.5. The normalized spacial score (nSPS) is 16.7. The van der Waals surface area contributed by atoms with Gasteiger partial charge in [0, 0.05) is 71.0 Å². The minimum absolute atomic E-state index is 0.278. The maximum atomic E-state index is 13.4. The Morgan fingerprint density at radius 3 is 2.19 bits per heavy atom. The molecule has 2 aliphatic heterocycles. The van der Waals surface area contributed by atoms with Gasteiger partial charge in [-0.1, -0.05) is 29.8 Å². The van der Waals surface area contributed by atoms with E-state index in [9.17, 15) is 8.42 Å². The van der Waals surface area contributed by atoms with Crippen molar-refractivity contribution in [3.63, 3.8) is 0 Å². The van der Waals surface area contributed by atoms with Crippen molar-refractivity contribution >= 4 is 27.5 Å². The van der Waals surface area contributed by atoms with Crippen LogP contribution in [0.4, 0.5) is 17.5 Å². The lowest BCUT2D eigenvalue weighted by Crippen LogP contribution is -2.47. The number of aromatic nitrogens is 2. The van der Waals surface area contributed by atoms with Crippen LogP contribution in [0, 0.1) is 13.8 Å². The highest BCUT2D eigenvalue weighted by Crippen LogP contribution is 2.31. The maximum Gasteiger partial charge on any atom is 0.243 e. The Labute approximate surface area is 214 Å². The summed E-state index contributed by atoms with van der Waals surface area (Å²) in [5.74, 6) is 1.52. The highest BCUT2D eigenvalue weighted by atomic mass is 32.2. The number of rotatable bonds is 5. The van der Waals surface area contributed by atoms with E-state index in [1.165, 1.54) is 11.3 Å². The summed E-state index contributed by atoms with van der Waals surface area (Å²) < 4.78 is 28.3.